The Balaban J connectivity index is 2.15. The highest BCUT2D eigenvalue weighted by molar-refractivity contribution is 6.01. The van der Waals surface area contributed by atoms with Crippen molar-refractivity contribution in [1.82, 2.24) is 10.6 Å². The molecule has 0 bridgehead atoms. The minimum atomic E-state index is -0.556. The zero-order chi connectivity index (χ0) is 13.4. The highest BCUT2D eigenvalue weighted by Crippen LogP contribution is 2.06. The summed E-state index contributed by atoms with van der Waals surface area (Å²) in [5.41, 5.74) is 5.37. The van der Waals surface area contributed by atoms with Gasteiger partial charge in [-0.3, -0.25) is 19.7 Å². The summed E-state index contributed by atoms with van der Waals surface area (Å²) in [6.45, 7) is 0.683. The lowest BCUT2D eigenvalue weighted by atomic mass is 10.1. The number of hydrogen-bond donors (Lipinski definition) is 3. The van der Waals surface area contributed by atoms with Crippen LogP contribution in [0.4, 0.5) is 0 Å². The van der Waals surface area contributed by atoms with E-state index >= 15 is 0 Å². The Morgan fingerprint density at radius 1 is 1.28 bits per heavy atom. The molecule has 1 saturated heterocycles. The number of rotatable bonds is 7. The molecule has 6 nitrogen and oxygen atoms in total. The van der Waals surface area contributed by atoms with Gasteiger partial charge in [0.15, 0.2) is 0 Å². The molecule has 0 aliphatic carbocycles. The van der Waals surface area contributed by atoms with Crippen molar-refractivity contribution in [2.45, 2.75) is 51.0 Å². The fourth-order valence-electron chi connectivity index (χ4n) is 1.88. The molecule has 4 N–H and O–H groups in total. The summed E-state index contributed by atoms with van der Waals surface area (Å²) in [4.78, 5) is 33.9. The van der Waals surface area contributed by atoms with Gasteiger partial charge in [0.1, 0.15) is 6.04 Å². The van der Waals surface area contributed by atoms with Crippen LogP contribution in [-0.2, 0) is 14.4 Å². The molecule has 1 aliphatic heterocycles. The first-order valence-electron chi connectivity index (χ1n) is 6.46. The Morgan fingerprint density at radius 3 is 2.67 bits per heavy atom. The summed E-state index contributed by atoms with van der Waals surface area (Å²) in [7, 11) is 0. The van der Waals surface area contributed by atoms with Crippen LogP contribution in [0.5, 0.6) is 0 Å². The molecule has 0 radical (unpaired) electrons. The fraction of sp³-hybridized carbons (Fsp3) is 0.750. The molecule has 0 aromatic rings. The van der Waals surface area contributed by atoms with Gasteiger partial charge >= 0.3 is 0 Å². The monoisotopic (exact) mass is 255 g/mol. The lowest BCUT2D eigenvalue weighted by molar-refractivity contribution is -0.137. The van der Waals surface area contributed by atoms with E-state index in [4.69, 9.17) is 5.73 Å². The minimum Gasteiger partial charge on any atom is -0.344 e. The third-order valence-electron chi connectivity index (χ3n) is 2.93. The van der Waals surface area contributed by atoms with Crippen LogP contribution < -0.4 is 16.4 Å². The van der Waals surface area contributed by atoms with Crippen molar-refractivity contribution < 1.29 is 14.4 Å². The van der Waals surface area contributed by atoms with E-state index in [-0.39, 0.29) is 18.2 Å². The quantitative estimate of drug-likeness (QED) is 0.434. The van der Waals surface area contributed by atoms with Gasteiger partial charge in [-0.2, -0.15) is 0 Å². The molecule has 0 spiro atoms. The SMILES string of the molecule is NCCCCCCC(=O)NC1CCC(=O)NC1=O. The maximum Gasteiger partial charge on any atom is 0.249 e. The van der Waals surface area contributed by atoms with Gasteiger partial charge in [-0.05, 0) is 25.8 Å². The van der Waals surface area contributed by atoms with Gasteiger partial charge < -0.3 is 11.1 Å². The molecule has 102 valence electrons. The third-order valence-corrected chi connectivity index (χ3v) is 2.93. The average Bonchev–Trinajstić information content (AvgIpc) is 2.32. The number of nitrogens with two attached hydrogens (primary N) is 1. The van der Waals surface area contributed by atoms with E-state index in [0.717, 1.165) is 25.7 Å². The van der Waals surface area contributed by atoms with Gasteiger partial charge in [0, 0.05) is 12.8 Å². The van der Waals surface area contributed by atoms with Crippen molar-refractivity contribution in [2.24, 2.45) is 5.73 Å². The number of carbonyl (C=O) groups is 3. The lowest BCUT2D eigenvalue weighted by Gasteiger charge is -2.21. The largest absolute Gasteiger partial charge is 0.344 e. The number of imide groups is 1. The van der Waals surface area contributed by atoms with Crippen LogP contribution in [0.15, 0.2) is 0 Å². The van der Waals surface area contributed by atoms with Gasteiger partial charge in [0.25, 0.3) is 0 Å². The Morgan fingerprint density at radius 2 is 2.00 bits per heavy atom. The second-order valence-electron chi connectivity index (χ2n) is 4.52. The van der Waals surface area contributed by atoms with Gasteiger partial charge in [-0.25, -0.2) is 0 Å². The second kappa shape index (κ2) is 7.81. The van der Waals surface area contributed by atoms with Crippen molar-refractivity contribution in [2.75, 3.05) is 6.54 Å². The van der Waals surface area contributed by atoms with Crippen molar-refractivity contribution in [3.05, 3.63) is 0 Å². The standard InChI is InChI=1S/C12H21N3O3/c13-8-4-2-1-3-5-10(16)14-9-6-7-11(17)15-12(9)18/h9H,1-8,13H2,(H,14,16)(H,15,17,18). The molecule has 1 heterocycles. The number of carbonyl (C=O) groups excluding carboxylic acids is 3. The Labute approximate surface area is 107 Å². The summed E-state index contributed by atoms with van der Waals surface area (Å²) < 4.78 is 0. The summed E-state index contributed by atoms with van der Waals surface area (Å²) in [6, 6.07) is -0.556. The summed E-state index contributed by atoms with van der Waals surface area (Å²) in [5.74, 6) is -0.799. The first kappa shape index (κ1) is 14.6. The molecule has 0 aromatic heterocycles. The predicted octanol–water partition coefficient (Wildman–Crippen LogP) is -0.183. The van der Waals surface area contributed by atoms with Gasteiger partial charge in [-0.1, -0.05) is 12.8 Å². The van der Waals surface area contributed by atoms with Gasteiger partial charge in [-0.15, -0.1) is 0 Å². The van der Waals surface area contributed by atoms with Gasteiger partial charge in [0.05, 0.1) is 0 Å². The molecule has 1 rings (SSSR count). The van der Waals surface area contributed by atoms with Crippen molar-refractivity contribution >= 4 is 17.7 Å². The molecule has 18 heavy (non-hydrogen) atoms. The summed E-state index contributed by atoms with van der Waals surface area (Å²) in [6.07, 6.45) is 4.88. The van der Waals surface area contributed by atoms with Crippen LogP contribution in [0.25, 0.3) is 0 Å². The smallest absolute Gasteiger partial charge is 0.249 e. The maximum atomic E-state index is 11.6. The molecule has 1 aliphatic rings. The Kier molecular flexibility index (Phi) is 6.35. The van der Waals surface area contributed by atoms with Crippen LogP contribution in [0.3, 0.4) is 0 Å². The normalized spacial score (nSPS) is 19.5. The highest BCUT2D eigenvalue weighted by Gasteiger charge is 2.27. The van der Waals surface area contributed by atoms with Gasteiger partial charge in [0.2, 0.25) is 17.7 Å². The molecule has 0 aromatic carbocycles. The number of piperidine rings is 1. The number of unbranched alkanes of at least 4 members (excludes halogenated alkanes) is 3. The summed E-state index contributed by atoms with van der Waals surface area (Å²) >= 11 is 0. The molecular weight excluding hydrogens is 234 g/mol. The summed E-state index contributed by atoms with van der Waals surface area (Å²) in [5, 5.41) is 4.86. The Hall–Kier alpha value is -1.43. The number of hydrogen-bond acceptors (Lipinski definition) is 4. The zero-order valence-electron chi connectivity index (χ0n) is 10.5. The second-order valence-corrected chi connectivity index (χ2v) is 4.52. The molecule has 1 fully saturated rings. The minimum absolute atomic E-state index is 0.128. The molecular formula is C12H21N3O3. The van der Waals surface area contributed by atoms with E-state index in [1.165, 1.54) is 0 Å². The fourth-order valence-corrected chi connectivity index (χ4v) is 1.88. The number of nitrogens with one attached hydrogen (secondary N) is 2. The van der Waals surface area contributed by atoms with Crippen molar-refractivity contribution in [3.8, 4) is 0 Å². The van der Waals surface area contributed by atoms with Crippen LogP contribution in [0.1, 0.15) is 44.9 Å². The van der Waals surface area contributed by atoms with E-state index in [1.807, 2.05) is 0 Å². The van der Waals surface area contributed by atoms with Crippen LogP contribution in [0, 0.1) is 0 Å². The van der Waals surface area contributed by atoms with Crippen molar-refractivity contribution in [3.63, 3.8) is 0 Å². The van der Waals surface area contributed by atoms with E-state index < -0.39 is 11.9 Å². The Bertz CT molecular complexity index is 318. The molecule has 1 unspecified atom stereocenters. The molecule has 0 saturated carbocycles. The maximum absolute atomic E-state index is 11.6. The average molecular weight is 255 g/mol. The predicted molar refractivity (Wildman–Crippen MR) is 66.5 cm³/mol. The third kappa shape index (κ3) is 5.27. The van der Waals surface area contributed by atoms with E-state index in [9.17, 15) is 14.4 Å². The van der Waals surface area contributed by atoms with E-state index in [2.05, 4.69) is 10.6 Å². The van der Waals surface area contributed by atoms with Crippen LogP contribution >= 0.6 is 0 Å². The molecule has 1 atom stereocenters. The first-order valence-corrected chi connectivity index (χ1v) is 6.46. The zero-order valence-corrected chi connectivity index (χ0v) is 10.5. The van der Waals surface area contributed by atoms with Crippen molar-refractivity contribution in [1.29, 1.82) is 0 Å². The first-order chi connectivity index (χ1) is 8.63. The van der Waals surface area contributed by atoms with Crippen LogP contribution in [0.2, 0.25) is 0 Å². The number of amides is 3. The van der Waals surface area contributed by atoms with Crippen LogP contribution in [-0.4, -0.2) is 30.3 Å². The van der Waals surface area contributed by atoms with E-state index in [0.29, 0.717) is 19.4 Å². The topological polar surface area (TPSA) is 101 Å². The van der Waals surface area contributed by atoms with E-state index in [1.54, 1.807) is 0 Å². The molecule has 3 amide bonds. The highest BCUT2D eigenvalue weighted by atomic mass is 16.2. The molecule has 6 heteroatoms. The lowest BCUT2D eigenvalue weighted by Crippen LogP contribution is -2.52.